The third kappa shape index (κ3) is 3.24. The Morgan fingerprint density at radius 1 is 1.46 bits per heavy atom. The van der Waals surface area contributed by atoms with Gasteiger partial charge in [0, 0.05) is 0 Å². The van der Waals surface area contributed by atoms with Crippen LogP contribution in [0.2, 0.25) is 0 Å². The lowest BCUT2D eigenvalue weighted by molar-refractivity contribution is -0.213. The summed E-state index contributed by atoms with van der Waals surface area (Å²) in [5.74, 6) is -0.0212. The molecule has 0 amide bonds. The molecule has 0 aliphatic carbocycles. The van der Waals surface area contributed by atoms with Crippen LogP contribution in [0.4, 0.5) is 13.2 Å². The highest BCUT2D eigenvalue weighted by Crippen LogP contribution is 2.33. The minimum Gasteiger partial charge on any atom is -0.365 e. The summed E-state index contributed by atoms with van der Waals surface area (Å²) in [6, 6.07) is 0. The molecule has 13 heavy (non-hydrogen) atoms. The standard InChI is InChI=1S/C6H10F3NO2S/c7-6(8,9)5-2-1-4(12-5)3-13(10)11/h4-5H,1-3,10H2. The molecule has 1 rings (SSSR count). The van der Waals surface area contributed by atoms with Crippen LogP contribution < -0.4 is 5.14 Å². The zero-order chi connectivity index (χ0) is 10.1. The van der Waals surface area contributed by atoms with Gasteiger partial charge in [-0.1, -0.05) is 0 Å². The highest BCUT2D eigenvalue weighted by Gasteiger charge is 2.45. The Labute approximate surface area is 76.0 Å². The van der Waals surface area contributed by atoms with Gasteiger partial charge in [0.2, 0.25) is 0 Å². The Morgan fingerprint density at radius 3 is 2.46 bits per heavy atom. The van der Waals surface area contributed by atoms with E-state index in [0.29, 0.717) is 0 Å². The van der Waals surface area contributed by atoms with Crippen molar-refractivity contribution in [1.82, 2.24) is 0 Å². The van der Waals surface area contributed by atoms with Crippen LogP contribution in [0.3, 0.4) is 0 Å². The average molecular weight is 217 g/mol. The summed E-state index contributed by atoms with van der Waals surface area (Å²) >= 11 is 0. The first-order valence-corrected chi connectivity index (χ1v) is 5.12. The van der Waals surface area contributed by atoms with Gasteiger partial charge in [-0.05, 0) is 12.8 Å². The molecular weight excluding hydrogens is 207 g/mol. The smallest absolute Gasteiger partial charge is 0.365 e. The maximum atomic E-state index is 12.0. The van der Waals surface area contributed by atoms with Gasteiger partial charge in [-0.15, -0.1) is 0 Å². The van der Waals surface area contributed by atoms with E-state index >= 15 is 0 Å². The molecule has 3 atom stereocenters. The SMILES string of the molecule is NS(=O)CC1CCC(C(F)(F)F)O1. The predicted octanol–water partition coefficient (Wildman–Crippen LogP) is 0.719. The third-order valence-electron chi connectivity index (χ3n) is 1.82. The van der Waals surface area contributed by atoms with Crippen molar-refractivity contribution in [2.24, 2.45) is 5.14 Å². The molecular formula is C6H10F3NO2S. The van der Waals surface area contributed by atoms with E-state index in [1.165, 1.54) is 0 Å². The van der Waals surface area contributed by atoms with Crippen LogP contribution in [-0.4, -0.2) is 28.3 Å². The molecule has 1 aliphatic heterocycles. The summed E-state index contributed by atoms with van der Waals surface area (Å²) < 4.78 is 51.2. The van der Waals surface area contributed by atoms with Gasteiger partial charge in [-0.3, -0.25) is 5.14 Å². The van der Waals surface area contributed by atoms with E-state index in [-0.39, 0.29) is 18.6 Å². The highest BCUT2D eigenvalue weighted by atomic mass is 32.2. The summed E-state index contributed by atoms with van der Waals surface area (Å²) in [6.07, 6.45) is -6.43. The molecule has 2 N–H and O–H groups in total. The molecule has 0 saturated carbocycles. The van der Waals surface area contributed by atoms with E-state index in [4.69, 9.17) is 5.14 Å². The average Bonchev–Trinajstić information content (AvgIpc) is 2.32. The molecule has 3 unspecified atom stereocenters. The van der Waals surface area contributed by atoms with Gasteiger partial charge in [0.1, 0.15) is 0 Å². The molecule has 78 valence electrons. The maximum Gasteiger partial charge on any atom is 0.414 e. The zero-order valence-electron chi connectivity index (χ0n) is 6.71. The van der Waals surface area contributed by atoms with Gasteiger partial charge >= 0.3 is 6.18 Å². The molecule has 0 aromatic rings. The molecule has 3 nitrogen and oxygen atoms in total. The number of ether oxygens (including phenoxy) is 1. The van der Waals surface area contributed by atoms with Crippen molar-refractivity contribution in [3.8, 4) is 0 Å². The van der Waals surface area contributed by atoms with Crippen LogP contribution in [0.1, 0.15) is 12.8 Å². The van der Waals surface area contributed by atoms with Crippen molar-refractivity contribution < 1.29 is 22.1 Å². The second kappa shape index (κ2) is 3.93. The highest BCUT2D eigenvalue weighted by molar-refractivity contribution is 7.82. The largest absolute Gasteiger partial charge is 0.414 e. The number of alkyl halides is 3. The van der Waals surface area contributed by atoms with E-state index in [1.54, 1.807) is 0 Å². The maximum absolute atomic E-state index is 12.0. The fourth-order valence-corrected chi connectivity index (χ4v) is 1.86. The van der Waals surface area contributed by atoms with Crippen molar-refractivity contribution in [3.05, 3.63) is 0 Å². The van der Waals surface area contributed by atoms with Crippen molar-refractivity contribution >= 4 is 11.0 Å². The lowest BCUT2D eigenvalue weighted by Crippen LogP contribution is -2.30. The van der Waals surface area contributed by atoms with Gasteiger partial charge in [-0.2, -0.15) is 13.2 Å². The summed E-state index contributed by atoms with van der Waals surface area (Å²) in [5.41, 5.74) is 0. The van der Waals surface area contributed by atoms with E-state index in [9.17, 15) is 17.4 Å². The van der Waals surface area contributed by atoms with Crippen LogP contribution in [0.25, 0.3) is 0 Å². The minimum atomic E-state index is -4.31. The van der Waals surface area contributed by atoms with Gasteiger partial charge in [0.15, 0.2) is 6.10 Å². The summed E-state index contributed by atoms with van der Waals surface area (Å²) in [6.45, 7) is 0. The van der Waals surface area contributed by atoms with E-state index < -0.39 is 29.4 Å². The van der Waals surface area contributed by atoms with Crippen LogP contribution >= 0.6 is 0 Å². The summed E-state index contributed by atoms with van der Waals surface area (Å²) in [5, 5.41) is 4.94. The van der Waals surface area contributed by atoms with Gasteiger partial charge < -0.3 is 4.74 Å². The normalized spacial score (nSPS) is 32.0. The first kappa shape index (κ1) is 10.9. The summed E-state index contributed by atoms with van der Waals surface area (Å²) in [7, 11) is -1.59. The topological polar surface area (TPSA) is 52.3 Å². The molecule has 0 radical (unpaired) electrons. The predicted molar refractivity (Wildman–Crippen MR) is 41.1 cm³/mol. The molecule has 1 saturated heterocycles. The number of hydrogen-bond acceptors (Lipinski definition) is 2. The van der Waals surface area contributed by atoms with Crippen LogP contribution in [-0.2, 0) is 15.7 Å². The molecule has 0 aromatic carbocycles. The molecule has 1 aliphatic rings. The molecule has 7 heteroatoms. The molecule has 1 fully saturated rings. The Hall–Kier alpha value is -0.140. The quantitative estimate of drug-likeness (QED) is 0.741. The van der Waals surface area contributed by atoms with Crippen LogP contribution in [0, 0.1) is 0 Å². The number of rotatable bonds is 2. The van der Waals surface area contributed by atoms with Gasteiger partial charge in [-0.25, -0.2) is 4.21 Å². The minimum absolute atomic E-state index is 0.0212. The third-order valence-corrected chi connectivity index (χ3v) is 2.52. The van der Waals surface area contributed by atoms with Gasteiger partial charge in [0.25, 0.3) is 0 Å². The lowest BCUT2D eigenvalue weighted by Gasteiger charge is -2.15. The van der Waals surface area contributed by atoms with E-state index in [0.717, 1.165) is 0 Å². The Balaban J connectivity index is 2.41. The van der Waals surface area contributed by atoms with Crippen molar-refractivity contribution in [2.75, 3.05) is 5.75 Å². The van der Waals surface area contributed by atoms with Crippen LogP contribution in [0.5, 0.6) is 0 Å². The van der Waals surface area contributed by atoms with Crippen molar-refractivity contribution in [3.63, 3.8) is 0 Å². The Morgan fingerprint density at radius 2 is 2.08 bits per heavy atom. The number of nitrogens with two attached hydrogens (primary N) is 1. The zero-order valence-corrected chi connectivity index (χ0v) is 7.53. The molecule has 1 heterocycles. The van der Waals surface area contributed by atoms with E-state index in [1.807, 2.05) is 0 Å². The molecule has 0 aromatic heterocycles. The first-order valence-electron chi connectivity index (χ1n) is 3.74. The second-order valence-electron chi connectivity index (χ2n) is 2.91. The lowest BCUT2D eigenvalue weighted by atomic mass is 10.2. The Bertz CT molecular complexity index is 209. The molecule has 0 bridgehead atoms. The van der Waals surface area contributed by atoms with Gasteiger partial charge in [0.05, 0.1) is 22.8 Å². The fourth-order valence-electron chi connectivity index (χ4n) is 1.25. The van der Waals surface area contributed by atoms with Crippen molar-refractivity contribution in [2.45, 2.75) is 31.2 Å². The van der Waals surface area contributed by atoms with Crippen LogP contribution in [0.15, 0.2) is 0 Å². The number of halogens is 3. The second-order valence-corrected chi connectivity index (χ2v) is 4.01. The Kier molecular flexibility index (Phi) is 3.31. The summed E-state index contributed by atoms with van der Waals surface area (Å²) in [4.78, 5) is 0. The monoisotopic (exact) mass is 217 g/mol. The fraction of sp³-hybridized carbons (Fsp3) is 1.00. The molecule has 0 spiro atoms. The first-order chi connectivity index (χ1) is 5.89. The van der Waals surface area contributed by atoms with E-state index in [2.05, 4.69) is 4.74 Å². The van der Waals surface area contributed by atoms with Crippen molar-refractivity contribution in [1.29, 1.82) is 0 Å². The number of hydrogen-bond donors (Lipinski definition) is 1.